The molecule has 0 spiro atoms. The highest BCUT2D eigenvalue weighted by Crippen LogP contribution is 2.32. The highest BCUT2D eigenvalue weighted by molar-refractivity contribution is 6.02. The van der Waals surface area contributed by atoms with Crippen LogP contribution >= 0.6 is 0 Å². The maximum Gasteiger partial charge on any atom is 0.263 e. The SMILES string of the molecule is C=c1nc2c3n(c(O)c2cc1C(C)=O)C(=O)C(C)(C(C)C)N=3. The number of pyridine rings is 1. The Morgan fingerprint density at radius 2 is 2.09 bits per heavy atom. The van der Waals surface area contributed by atoms with Gasteiger partial charge in [-0.2, -0.15) is 0 Å². The quantitative estimate of drug-likeness (QED) is 0.840. The van der Waals surface area contributed by atoms with Gasteiger partial charge in [0, 0.05) is 5.56 Å². The second-order valence-corrected chi connectivity index (χ2v) is 6.14. The molecule has 0 radical (unpaired) electrons. The van der Waals surface area contributed by atoms with Gasteiger partial charge >= 0.3 is 0 Å². The molecular formula is C16H17N3O3. The molecule has 6 nitrogen and oxygen atoms in total. The van der Waals surface area contributed by atoms with Gasteiger partial charge in [-0.3, -0.25) is 9.59 Å². The summed E-state index contributed by atoms with van der Waals surface area (Å²) in [5, 5.41) is 11.1. The Hall–Kier alpha value is -2.50. The van der Waals surface area contributed by atoms with Gasteiger partial charge in [-0.1, -0.05) is 20.4 Å². The lowest BCUT2D eigenvalue weighted by Gasteiger charge is -2.23. The molecule has 0 bridgehead atoms. The van der Waals surface area contributed by atoms with Crippen LogP contribution in [0.4, 0.5) is 0 Å². The summed E-state index contributed by atoms with van der Waals surface area (Å²) in [5.41, 5.74) is 0.119. The normalized spacial score (nSPS) is 20.5. The minimum absolute atomic E-state index is 0.0231. The van der Waals surface area contributed by atoms with Crippen molar-refractivity contribution in [2.75, 3.05) is 0 Å². The molecule has 1 unspecified atom stereocenters. The summed E-state index contributed by atoms with van der Waals surface area (Å²) < 4.78 is 1.18. The second-order valence-electron chi connectivity index (χ2n) is 6.14. The molecule has 0 aliphatic carbocycles. The van der Waals surface area contributed by atoms with Gasteiger partial charge in [-0.05, 0) is 25.8 Å². The molecule has 1 atom stereocenters. The number of fused-ring (bicyclic) bond motifs is 3. The number of aromatic hydroxyl groups is 1. The van der Waals surface area contributed by atoms with Crippen molar-refractivity contribution in [3.63, 3.8) is 0 Å². The predicted octanol–water partition coefficient (Wildman–Crippen LogP) is 1.04. The molecule has 2 aromatic heterocycles. The molecule has 6 heteroatoms. The zero-order chi connectivity index (χ0) is 16.4. The van der Waals surface area contributed by atoms with Crippen molar-refractivity contribution in [1.82, 2.24) is 9.55 Å². The van der Waals surface area contributed by atoms with Crippen LogP contribution < -0.4 is 10.8 Å². The van der Waals surface area contributed by atoms with Gasteiger partial charge in [-0.25, -0.2) is 14.5 Å². The first-order chi connectivity index (χ1) is 10.2. The van der Waals surface area contributed by atoms with Gasteiger partial charge in [-0.15, -0.1) is 0 Å². The van der Waals surface area contributed by atoms with Crippen molar-refractivity contribution >= 4 is 29.2 Å². The highest BCUT2D eigenvalue weighted by atomic mass is 16.3. The smallest absolute Gasteiger partial charge is 0.263 e. The highest BCUT2D eigenvalue weighted by Gasteiger charge is 2.44. The molecule has 0 fully saturated rings. The van der Waals surface area contributed by atoms with E-state index in [1.165, 1.54) is 17.6 Å². The van der Waals surface area contributed by atoms with Crippen LogP contribution in [0.25, 0.3) is 17.5 Å². The number of carbonyl (C=O) groups excluding carboxylic acids is 2. The monoisotopic (exact) mass is 299 g/mol. The first-order valence-corrected chi connectivity index (χ1v) is 7.07. The molecule has 0 amide bonds. The Labute approximate surface area is 126 Å². The van der Waals surface area contributed by atoms with Crippen molar-refractivity contribution < 1.29 is 14.7 Å². The van der Waals surface area contributed by atoms with E-state index in [4.69, 9.17) is 0 Å². The van der Waals surface area contributed by atoms with E-state index in [1.807, 2.05) is 13.8 Å². The van der Waals surface area contributed by atoms with Crippen molar-refractivity contribution in [1.29, 1.82) is 0 Å². The van der Waals surface area contributed by atoms with Gasteiger partial charge in [0.2, 0.25) is 5.88 Å². The van der Waals surface area contributed by atoms with Crippen LogP contribution in [0, 0.1) is 5.92 Å². The lowest BCUT2D eigenvalue weighted by molar-refractivity contribution is 0.0792. The maximum atomic E-state index is 12.7. The van der Waals surface area contributed by atoms with Crippen LogP contribution in [0.15, 0.2) is 11.1 Å². The lowest BCUT2D eigenvalue weighted by Crippen LogP contribution is -2.38. The van der Waals surface area contributed by atoms with E-state index in [2.05, 4.69) is 16.6 Å². The molecular weight excluding hydrogens is 282 g/mol. The number of aromatic nitrogens is 2. The number of carbonyl (C=O) groups is 2. The van der Waals surface area contributed by atoms with Crippen LogP contribution in [0.1, 0.15) is 42.8 Å². The van der Waals surface area contributed by atoms with E-state index < -0.39 is 5.54 Å². The zero-order valence-electron chi connectivity index (χ0n) is 13.0. The zero-order valence-corrected chi connectivity index (χ0v) is 13.0. The first kappa shape index (κ1) is 14.4. The number of hydrogen-bond donors (Lipinski definition) is 1. The van der Waals surface area contributed by atoms with Crippen LogP contribution in [0.2, 0.25) is 0 Å². The van der Waals surface area contributed by atoms with E-state index in [0.717, 1.165) is 0 Å². The molecule has 3 heterocycles. The summed E-state index contributed by atoms with van der Waals surface area (Å²) >= 11 is 0. The molecule has 1 N–H and O–H groups in total. The summed E-state index contributed by atoms with van der Waals surface area (Å²) in [6.07, 6.45) is 0. The maximum absolute atomic E-state index is 12.7. The molecule has 1 aliphatic rings. The average Bonchev–Trinajstić information content (AvgIpc) is 2.84. The van der Waals surface area contributed by atoms with E-state index in [-0.39, 0.29) is 23.5 Å². The van der Waals surface area contributed by atoms with Crippen molar-refractivity contribution in [3.05, 3.63) is 22.5 Å². The second kappa shape index (κ2) is 4.25. The van der Waals surface area contributed by atoms with E-state index in [9.17, 15) is 14.7 Å². The first-order valence-electron chi connectivity index (χ1n) is 7.07. The Morgan fingerprint density at radius 1 is 1.45 bits per heavy atom. The molecule has 22 heavy (non-hydrogen) atoms. The Bertz CT molecular complexity index is 955. The summed E-state index contributed by atoms with van der Waals surface area (Å²) in [6.45, 7) is 10.7. The van der Waals surface area contributed by atoms with Crippen molar-refractivity contribution in [2.45, 2.75) is 33.2 Å². The summed E-state index contributed by atoms with van der Waals surface area (Å²) in [6, 6.07) is 1.52. The van der Waals surface area contributed by atoms with Crippen LogP contribution in [0.3, 0.4) is 0 Å². The minimum atomic E-state index is -0.927. The predicted molar refractivity (Wildman–Crippen MR) is 81.6 cm³/mol. The third-order valence-electron chi connectivity index (χ3n) is 4.46. The van der Waals surface area contributed by atoms with Gasteiger partial charge < -0.3 is 5.11 Å². The van der Waals surface area contributed by atoms with Crippen LogP contribution in [0.5, 0.6) is 5.88 Å². The summed E-state index contributed by atoms with van der Waals surface area (Å²) in [5.74, 6) is -0.730. The summed E-state index contributed by atoms with van der Waals surface area (Å²) in [4.78, 5) is 33.0. The van der Waals surface area contributed by atoms with Gasteiger partial charge in [0.25, 0.3) is 5.91 Å². The van der Waals surface area contributed by atoms with E-state index >= 15 is 0 Å². The van der Waals surface area contributed by atoms with Crippen LogP contribution in [-0.4, -0.2) is 31.9 Å². The fourth-order valence-corrected chi connectivity index (χ4v) is 2.69. The minimum Gasteiger partial charge on any atom is -0.494 e. The fourth-order valence-electron chi connectivity index (χ4n) is 2.69. The molecule has 1 aliphatic heterocycles. The number of rotatable bonds is 2. The number of hydrogen-bond acceptors (Lipinski definition) is 5. The molecule has 0 saturated carbocycles. The third kappa shape index (κ3) is 1.60. The number of Topliss-reactive ketones (excluding diaryl/α,β-unsaturated/α-hetero) is 1. The van der Waals surface area contributed by atoms with Gasteiger partial charge in [0.1, 0.15) is 11.1 Å². The number of nitrogens with zero attached hydrogens (tertiary/aromatic N) is 3. The Morgan fingerprint density at radius 3 is 2.64 bits per heavy atom. The molecule has 3 rings (SSSR count). The topological polar surface area (TPSA) is 84.5 Å². The Kier molecular flexibility index (Phi) is 2.79. The standard InChI is InChI=1S/C16H17N3O3/c1-7(2)16(5)15(22)19-13(18-16)12-11(14(19)21)6-10(9(4)20)8(3)17-12/h6-7,21H,3H2,1-2,4-5H3. The Balaban J connectivity index is 2.45. The molecule has 2 aromatic rings. The fraction of sp³-hybridized carbons (Fsp3) is 0.375. The van der Waals surface area contributed by atoms with Gasteiger partial charge in [0.05, 0.1) is 10.7 Å². The van der Waals surface area contributed by atoms with Crippen LogP contribution in [-0.2, 0) is 0 Å². The third-order valence-corrected chi connectivity index (χ3v) is 4.46. The largest absolute Gasteiger partial charge is 0.494 e. The van der Waals surface area contributed by atoms with E-state index in [1.54, 1.807) is 6.92 Å². The molecule has 0 aromatic carbocycles. The van der Waals surface area contributed by atoms with Crippen molar-refractivity contribution in [2.24, 2.45) is 10.9 Å². The lowest BCUT2D eigenvalue weighted by atomic mass is 9.89. The van der Waals surface area contributed by atoms with Crippen molar-refractivity contribution in [3.8, 4) is 5.88 Å². The average molecular weight is 299 g/mol. The van der Waals surface area contributed by atoms with Gasteiger partial charge in [0.15, 0.2) is 11.3 Å². The van der Waals surface area contributed by atoms with E-state index in [0.29, 0.717) is 27.3 Å². The summed E-state index contributed by atoms with van der Waals surface area (Å²) in [7, 11) is 0. The molecule has 0 saturated heterocycles. The molecule has 114 valence electrons. The number of ketones is 1.